The molecule has 0 atom stereocenters. The average molecular weight is 217 g/mol. The number of rotatable bonds is 2. The predicted molar refractivity (Wildman–Crippen MR) is 53.8 cm³/mol. The van der Waals surface area contributed by atoms with E-state index in [0.717, 1.165) is 11.8 Å². The van der Waals surface area contributed by atoms with Gasteiger partial charge in [-0.2, -0.15) is 0 Å². The van der Waals surface area contributed by atoms with Crippen LogP contribution in [0.4, 0.5) is 0 Å². The molecule has 1 saturated carbocycles. The molecule has 0 saturated heterocycles. The lowest BCUT2D eigenvalue weighted by Gasteiger charge is -2.25. The van der Waals surface area contributed by atoms with Crippen molar-refractivity contribution in [3.8, 4) is 0 Å². The van der Waals surface area contributed by atoms with Crippen molar-refractivity contribution in [2.24, 2.45) is 11.8 Å². The van der Waals surface area contributed by atoms with Crippen molar-refractivity contribution in [1.29, 1.82) is 0 Å². The molecule has 0 heterocycles. The number of halogens is 1. The summed E-state index contributed by atoms with van der Waals surface area (Å²) in [6.07, 6.45) is 9.37. The van der Waals surface area contributed by atoms with Crippen LogP contribution in [-0.2, 0) is 0 Å². The Hall–Kier alpha value is 0.220. The van der Waals surface area contributed by atoms with Crippen LogP contribution in [0.5, 0.6) is 0 Å². The van der Waals surface area contributed by atoms with E-state index in [0.29, 0.717) is 0 Å². The first-order valence-corrected chi connectivity index (χ1v) is 5.55. The van der Waals surface area contributed by atoms with Gasteiger partial charge in [0, 0.05) is 0 Å². The van der Waals surface area contributed by atoms with Gasteiger partial charge >= 0.3 is 0 Å². The van der Waals surface area contributed by atoms with Gasteiger partial charge in [-0.05, 0) is 42.5 Å². The van der Waals surface area contributed by atoms with Crippen LogP contribution in [0.2, 0.25) is 0 Å². The van der Waals surface area contributed by atoms with E-state index in [2.05, 4.69) is 28.9 Å². The fourth-order valence-electron chi connectivity index (χ4n) is 1.89. The Morgan fingerprint density at radius 1 is 1.27 bits per heavy atom. The first-order valence-electron chi connectivity index (χ1n) is 4.63. The normalized spacial score (nSPS) is 32.9. The highest BCUT2D eigenvalue weighted by Crippen LogP contribution is 2.31. The monoisotopic (exact) mass is 216 g/mol. The van der Waals surface area contributed by atoms with Gasteiger partial charge < -0.3 is 0 Å². The molecule has 0 bridgehead atoms. The molecule has 1 aliphatic carbocycles. The van der Waals surface area contributed by atoms with Crippen LogP contribution < -0.4 is 0 Å². The van der Waals surface area contributed by atoms with Crippen LogP contribution in [-0.4, -0.2) is 0 Å². The Bertz CT molecular complexity index is 121. The van der Waals surface area contributed by atoms with Crippen molar-refractivity contribution in [1.82, 2.24) is 0 Å². The summed E-state index contributed by atoms with van der Waals surface area (Å²) in [5, 5.41) is 0. The summed E-state index contributed by atoms with van der Waals surface area (Å²) in [5.74, 6) is 1.88. The Labute approximate surface area is 78.2 Å². The second kappa shape index (κ2) is 4.97. The van der Waals surface area contributed by atoms with Crippen LogP contribution >= 0.6 is 15.9 Å². The summed E-state index contributed by atoms with van der Waals surface area (Å²) in [7, 11) is 0. The molecule has 0 amide bonds. The Morgan fingerprint density at radius 2 is 1.91 bits per heavy atom. The van der Waals surface area contributed by atoms with Gasteiger partial charge in [0.05, 0.1) is 0 Å². The van der Waals surface area contributed by atoms with Crippen molar-refractivity contribution < 1.29 is 0 Å². The average Bonchev–Trinajstić information content (AvgIpc) is 2.07. The quantitative estimate of drug-likeness (QED) is 0.652. The van der Waals surface area contributed by atoms with Gasteiger partial charge in [-0.1, -0.05) is 35.4 Å². The lowest BCUT2D eigenvalue weighted by Crippen LogP contribution is -2.11. The Kier molecular flexibility index (Phi) is 4.21. The molecule has 1 heteroatoms. The summed E-state index contributed by atoms with van der Waals surface area (Å²) in [6.45, 7) is 2.31. The smallest absolute Gasteiger partial charge is 0.0225 e. The van der Waals surface area contributed by atoms with Crippen molar-refractivity contribution >= 4 is 15.9 Å². The van der Waals surface area contributed by atoms with Crippen LogP contribution in [0.25, 0.3) is 0 Å². The summed E-state index contributed by atoms with van der Waals surface area (Å²) >= 11 is 3.34. The summed E-state index contributed by atoms with van der Waals surface area (Å²) in [4.78, 5) is 2.02. The van der Waals surface area contributed by atoms with Gasteiger partial charge in [0.2, 0.25) is 0 Å². The molecule has 1 fully saturated rings. The fourth-order valence-corrected chi connectivity index (χ4v) is 2.32. The second-order valence-corrected chi connectivity index (χ2v) is 4.04. The molecule has 0 aromatic heterocycles. The van der Waals surface area contributed by atoms with Crippen LogP contribution in [0.3, 0.4) is 0 Å². The maximum absolute atomic E-state index is 3.34. The summed E-state index contributed by atoms with van der Waals surface area (Å²) in [5.41, 5.74) is 0. The van der Waals surface area contributed by atoms with Crippen LogP contribution in [0.15, 0.2) is 11.1 Å². The summed E-state index contributed by atoms with van der Waals surface area (Å²) < 4.78 is 0. The lowest BCUT2D eigenvalue weighted by molar-refractivity contribution is 0.304. The van der Waals surface area contributed by atoms with Crippen LogP contribution in [0.1, 0.15) is 39.0 Å². The molecule has 0 nitrogen and oxygen atoms in total. The molecule has 0 aromatic carbocycles. The molecular formula is C10H17Br. The fraction of sp³-hybridized carbons (Fsp3) is 0.800. The Morgan fingerprint density at radius 3 is 2.36 bits per heavy atom. The molecule has 0 aromatic rings. The molecule has 1 aliphatic rings. The molecule has 0 radical (unpaired) electrons. The number of allylic oxidation sites excluding steroid dienone is 1. The van der Waals surface area contributed by atoms with Crippen molar-refractivity contribution in [2.75, 3.05) is 0 Å². The zero-order valence-corrected chi connectivity index (χ0v) is 8.81. The van der Waals surface area contributed by atoms with E-state index in [9.17, 15) is 0 Å². The highest BCUT2D eigenvalue weighted by Gasteiger charge is 2.17. The zero-order valence-electron chi connectivity index (χ0n) is 7.22. The maximum Gasteiger partial charge on any atom is -0.0225 e. The second-order valence-electron chi connectivity index (χ2n) is 3.51. The largest absolute Gasteiger partial charge is 0.0745 e. The van der Waals surface area contributed by atoms with Crippen LogP contribution in [0, 0.1) is 11.8 Å². The van der Waals surface area contributed by atoms with Crippen molar-refractivity contribution in [3.63, 3.8) is 0 Å². The van der Waals surface area contributed by atoms with E-state index in [-0.39, 0.29) is 0 Å². The molecule has 1 rings (SSSR count). The topological polar surface area (TPSA) is 0 Å². The van der Waals surface area contributed by atoms with Crippen molar-refractivity contribution in [2.45, 2.75) is 39.0 Å². The van der Waals surface area contributed by atoms with E-state index < -0.39 is 0 Å². The third kappa shape index (κ3) is 2.98. The maximum atomic E-state index is 3.34. The number of hydrogen-bond donors (Lipinski definition) is 0. The van der Waals surface area contributed by atoms with Gasteiger partial charge in [-0.15, -0.1) is 0 Å². The number of hydrogen-bond acceptors (Lipinski definition) is 0. The standard InChI is InChI=1S/C10H17Br/c1-2-9-3-5-10(6-4-9)7-8-11/h7-10H,2-6H2,1H3/b8-7+. The molecule has 64 valence electrons. The lowest BCUT2D eigenvalue weighted by atomic mass is 9.81. The Balaban J connectivity index is 2.24. The van der Waals surface area contributed by atoms with Gasteiger partial charge in [0.25, 0.3) is 0 Å². The molecule has 0 unspecified atom stereocenters. The molecule has 0 aliphatic heterocycles. The molecule has 0 spiro atoms. The minimum atomic E-state index is 0.858. The molecule has 0 N–H and O–H groups in total. The van der Waals surface area contributed by atoms with Gasteiger partial charge in [-0.25, -0.2) is 0 Å². The highest BCUT2D eigenvalue weighted by atomic mass is 79.9. The third-order valence-electron chi connectivity index (χ3n) is 2.81. The summed E-state index contributed by atoms with van der Waals surface area (Å²) in [6, 6.07) is 0. The minimum Gasteiger partial charge on any atom is -0.0745 e. The third-order valence-corrected chi connectivity index (χ3v) is 3.12. The van der Waals surface area contributed by atoms with E-state index in [4.69, 9.17) is 0 Å². The highest BCUT2D eigenvalue weighted by molar-refractivity contribution is 9.11. The first kappa shape index (κ1) is 9.31. The van der Waals surface area contributed by atoms with Gasteiger partial charge in [0.1, 0.15) is 0 Å². The van der Waals surface area contributed by atoms with E-state index >= 15 is 0 Å². The van der Waals surface area contributed by atoms with E-state index in [1.54, 1.807) is 0 Å². The zero-order chi connectivity index (χ0) is 8.10. The first-order chi connectivity index (χ1) is 5.36. The van der Waals surface area contributed by atoms with E-state index in [1.807, 2.05) is 4.99 Å². The van der Waals surface area contributed by atoms with Crippen molar-refractivity contribution in [3.05, 3.63) is 11.1 Å². The van der Waals surface area contributed by atoms with E-state index in [1.165, 1.54) is 32.1 Å². The molecular weight excluding hydrogens is 200 g/mol. The van der Waals surface area contributed by atoms with Gasteiger partial charge in [-0.3, -0.25) is 0 Å². The molecule has 11 heavy (non-hydrogen) atoms. The van der Waals surface area contributed by atoms with Gasteiger partial charge in [0.15, 0.2) is 0 Å². The SMILES string of the molecule is CCC1CCC(/C=C/Br)CC1. The predicted octanol–water partition coefficient (Wildman–Crippen LogP) is 4.11. The minimum absolute atomic E-state index is 0.858.